The fourth-order valence-corrected chi connectivity index (χ4v) is 7.74. The molecule has 2 unspecified atom stereocenters. The van der Waals surface area contributed by atoms with E-state index in [0.717, 1.165) is 57.8 Å². The van der Waals surface area contributed by atoms with Crippen LogP contribution in [0.3, 0.4) is 0 Å². The fraction of sp³-hybridized carbons (Fsp3) is 0.885. The summed E-state index contributed by atoms with van der Waals surface area (Å²) in [6.07, 6.45) is 56.0. The van der Waals surface area contributed by atoms with Crippen LogP contribution in [0.2, 0.25) is 0 Å². The maximum Gasteiger partial charge on any atom is 0.305 e. The monoisotopic (exact) mass is 818 g/mol. The summed E-state index contributed by atoms with van der Waals surface area (Å²) in [6.45, 7) is 4.84. The maximum absolute atomic E-state index is 12.4. The predicted molar refractivity (Wildman–Crippen MR) is 250 cm³/mol. The lowest BCUT2D eigenvalue weighted by Crippen LogP contribution is -2.45. The molecule has 0 radical (unpaired) electrons. The molecule has 2 atom stereocenters. The molecule has 0 aliphatic rings. The van der Waals surface area contributed by atoms with Crippen molar-refractivity contribution in [2.24, 2.45) is 0 Å². The minimum absolute atomic E-state index is 0.0256. The SMILES string of the molecule is CCCCC/C=C\CCCCCCCC(=O)OCCCCCCCCCCCCCC(=O)NC(CO)C(O)/C=C/CCCCCCCCCCCCCCCCCC. The normalized spacial score (nSPS) is 12.8. The maximum atomic E-state index is 12.4. The topological polar surface area (TPSA) is 95.9 Å². The first-order valence-corrected chi connectivity index (χ1v) is 25.6. The van der Waals surface area contributed by atoms with Crippen LogP contribution in [0.15, 0.2) is 24.3 Å². The van der Waals surface area contributed by atoms with Crippen LogP contribution in [-0.4, -0.2) is 47.4 Å². The number of hydrogen-bond donors (Lipinski definition) is 3. The molecule has 6 heteroatoms. The zero-order valence-electron chi connectivity index (χ0n) is 38.8. The lowest BCUT2D eigenvalue weighted by Gasteiger charge is -2.20. The third-order valence-corrected chi connectivity index (χ3v) is 11.7. The number of nitrogens with one attached hydrogen (secondary N) is 1. The van der Waals surface area contributed by atoms with Gasteiger partial charge in [-0.2, -0.15) is 0 Å². The van der Waals surface area contributed by atoms with Gasteiger partial charge in [-0.15, -0.1) is 0 Å². The molecule has 0 aromatic rings. The molecular weight excluding hydrogens is 719 g/mol. The van der Waals surface area contributed by atoms with Crippen molar-refractivity contribution in [2.75, 3.05) is 13.2 Å². The minimum Gasteiger partial charge on any atom is -0.466 e. The summed E-state index contributed by atoms with van der Waals surface area (Å²) in [6, 6.07) is -0.642. The van der Waals surface area contributed by atoms with E-state index in [1.807, 2.05) is 6.08 Å². The van der Waals surface area contributed by atoms with Gasteiger partial charge in [-0.05, 0) is 57.8 Å². The van der Waals surface area contributed by atoms with Gasteiger partial charge >= 0.3 is 5.97 Å². The van der Waals surface area contributed by atoms with Crippen molar-refractivity contribution in [3.8, 4) is 0 Å². The van der Waals surface area contributed by atoms with Gasteiger partial charge in [0.2, 0.25) is 5.91 Å². The largest absolute Gasteiger partial charge is 0.466 e. The van der Waals surface area contributed by atoms with Crippen LogP contribution in [0.5, 0.6) is 0 Å². The van der Waals surface area contributed by atoms with Gasteiger partial charge in [-0.25, -0.2) is 0 Å². The molecule has 58 heavy (non-hydrogen) atoms. The van der Waals surface area contributed by atoms with Crippen LogP contribution < -0.4 is 5.32 Å². The average molecular weight is 818 g/mol. The van der Waals surface area contributed by atoms with Crippen LogP contribution in [0.25, 0.3) is 0 Å². The Hall–Kier alpha value is -1.66. The first-order chi connectivity index (χ1) is 28.5. The molecule has 1 amide bonds. The molecule has 0 aromatic heterocycles. The number of unbranched alkanes of at least 4 members (excludes halogenated alkanes) is 34. The van der Waals surface area contributed by atoms with Crippen LogP contribution in [0.4, 0.5) is 0 Å². The molecule has 0 saturated heterocycles. The lowest BCUT2D eigenvalue weighted by atomic mass is 10.0. The van der Waals surface area contributed by atoms with E-state index in [0.29, 0.717) is 19.4 Å². The average Bonchev–Trinajstić information content (AvgIpc) is 3.22. The van der Waals surface area contributed by atoms with Gasteiger partial charge in [-0.1, -0.05) is 224 Å². The quantitative estimate of drug-likeness (QED) is 0.0323. The van der Waals surface area contributed by atoms with E-state index >= 15 is 0 Å². The molecule has 0 heterocycles. The Balaban J connectivity index is 3.52. The minimum atomic E-state index is -0.857. The third kappa shape index (κ3) is 43.9. The Morgan fingerprint density at radius 3 is 1.26 bits per heavy atom. The van der Waals surface area contributed by atoms with Crippen LogP contribution in [-0.2, 0) is 14.3 Å². The molecule has 0 saturated carbocycles. The van der Waals surface area contributed by atoms with E-state index in [1.54, 1.807) is 6.08 Å². The number of carbonyl (C=O) groups excluding carboxylic acids is 2. The Kier molecular flexibility index (Phi) is 46.6. The fourth-order valence-electron chi connectivity index (χ4n) is 7.74. The highest BCUT2D eigenvalue weighted by Crippen LogP contribution is 2.16. The van der Waals surface area contributed by atoms with Crippen molar-refractivity contribution in [1.82, 2.24) is 5.32 Å². The zero-order chi connectivity index (χ0) is 42.3. The lowest BCUT2D eigenvalue weighted by molar-refractivity contribution is -0.143. The van der Waals surface area contributed by atoms with E-state index in [9.17, 15) is 19.8 Å². The molecule has 0 aliphatic heterocycles. The molecule has 0 fully saturated rings. The highest BCUT2D eigenvalue weighted by atomic mass is 16.5. The summed E-state index contributed by atoms with van der Waals surface area (Å²) < 4.78 is 5.44. The highest BCUT2D eigenvalue weighted by Gasteiger charge is 2.18. The number of amides is 1. The van der Waals surface area contributed by atoms with E-state index < -0.39 is 12.1 Å². The number of aliphatic hydroxyl groups excluding tert-OH is 2. The van der Waals surface area contributed by atoms with E-state index in [1.165, 1.54) is 186 Å². The van der Waals surface area contributed by atoms with E-state index in [4.69, 9.17) is 4.74 Å². The van der Waals surface area contributed by atoms with Crippen molar-refractivity contribution in [2.45, 2.75) is 283 Å². The highest BCUT2D eigenvalue weighted by molar-refractivity contribution is 5.76. The zero-order valence-corrected chi connectivity index (χ0v) is 38.8. The van der Waals surface area contributed by atoms with E-state index in [2.05, 4.69) is 31.3 Å². The van der Waals surface area contributed by atoms with Gasteiger partial charge in [-0.3, -0.25) is 9.59 Å². The molecule has 342 valence electrons. The van der Waals surface area contributed by atoms with Crippen molar-refractivity contribution in [3.05, 3.63) is 24.3 Å². The molecular formula is C52H99NO5. The molecule has 6 nitrogen and oxygen atoms in total. The first-order valence-electron chi connectivity index (χ1n) is 25.6. The van der Waals surface area contributed by atoms with Crippen LogP contribution in [0.1, 0.15) is 271 Å². The molecule has 0 bridgehead atoms. The Morgan fingerprint density at radius 2 is 0.810 bits per heavy atom. The Labute approximate surface area is 361 Å². The summed E-state index contributed by atoms with van der Waals surface area (Å²) in [5.41, 5.74) is 0. The number of esters is 1. The Bertz CT molecular complexity index is 904. The van der Waals surface area contributed by atoms with Gasteiger partial charge in [0.1, 0.15) is 0 Å². The number of rotatable bonds is 47. The number of hydrogen-bond acceptors (Lipinski definition) is 5. The van der Waals surface area contributed by atoms with Gasteiger partial charge in [0.05, 0.1) is 25.4 Å². The van der Waals surface area contributed by atoms with Crippen LogP contribution in [0, 0.1) is 0 Å². The summed E-state index contributed by atoms with van der Waals surface area (Å²) in [7, 11) is 0. The van der Waals surface area contributed by atoms with Gasteiger partial charge in [0.15, 0.2) is 0 Å². The Morgan fingerprint density at radius 1 is 0.466 bits per heavy atom. The van der Waals surface area contributed by atoms with Crippen molar-refractivity contribution < 1.29 is 24.5 Å². The van der Waals surface area contributed by atoms with Crippen LogP contribution >= 0.6 is 0 Å². The second kappa shape index (κ2) is 48.0. The second-order valence-electron chi connectivity index (χ2n) is 17.5. The first kappa shape index (κ1) is 56.3. The molecule has 0 aromatic carbocycles. The summed E-state index contributed by atoms with van der Waals surface area (Å²) in [4.78, 5) is 24.4. The van der Waals surface area contributed by atoms with Crippen molar-refractivity contribution >= 4 is 11.9 Å². The second-order valence-corrected chi connectivity index (χ2v) is 17.5. The van der Waals surface area contributed by atoms with Gasteiger partial charge < -0.3 is 20.3 Å². The molecule has 0 spiro atoms. The van der Waals surface area contributed by atoms with E-state index in [-0.39, 0.29) is 18.5 Å². The standard InChI is InChI=1S/C52H99NO5/c1-3-5-7-9-11-13-15-17-18-19-20-21-22-24-28-32-36-40-44-50(55)49(48-54)53-51(56)45-41-37-33-29-25-23-27-31-35-39-43-47-58-52(57)46-42-38-34-30-26-16-14-12-10-8-6-4-2/h12,14,40,44,49-50,54-55H,3-11,13,15-39,41-43,45-48H2,1-2H3,(H,53,56)/b14-12-,44-40+. The van der Waals surface area contributed by atoms with Gasteiger partial charge in [0.25, 0.3) is 0 Å². The van der Waals surface area contributed by atoms with Crippen molar-refractivity contribution in [3.63, 3.8) is 0 Å². The van der Waals surface area contributed by atoms with Crippen molar-refractivity contribution in [1.29, 1.82) is 0 Å². The summed E-state index contributed by atoms with van der Waals surface area (Å²) in [5, 5.41) is 23.1. The summed E-state index contributed by atoms with van der Waals surface area (Å²) in [5.74, 6) is -0.112. The number of aliphatic hydroxyl groups is 2. The molecule has 0 aliphatic carbocycles. The number of allylic oxidation sites excluding steroid dienone is 3. The van der Waals surface area contributed by atoms with Gasteiger partial charge in [0, 0.05) is 12.8 Å². The number of ether oxygens (including phenoxy) is 1. The molecule has 0 rings (SSSR count). The predicted octanol–water partition coefficient (Wildman–Crippen LogP) is 15.1. The summed E-state index contributed by atoms with van der Waals surface area (Å²) >= 11 is 0. The third-order valence-electron chi connectivity index (χ3n) is 11.7. The smallest absolute Gasteiger partial charge is 0.305 e. The number of carbonyl (C=O) groups is 2. The molecule has 3 N–H and O–H groups in total.